The second-order valence-corrected chi connectivity index (χ2v) is 10.5. The number of rotatable bonds is 5. The minimum Gasteiger partial charge on any atom is -0.406 e. The number of benzene rings is 2. The van der Waals surface area contributed by atoms with Gasteiger partial charge in [0.05, 0.1) is 16.1 Å². The lowest BCUT2D eigenvalue weighted by Gasteiger charge is -2.36. The number of piperidine rings is 1. The number of fused-ring (bicyclic) bond motifs is 1. The van der Waals surface area contributed by atoms with E-state index in [1.54, 1.807) is 42.5 Å². The van der Waals surface area contributed by atoms with Gasteiger partial charge >= 0.3 is 6.36 Å². The smallest absolute Gasteiger partial charge is 0.406 e. The first-order valence-corrected chi connectivity index (χ1v) is 12.6. The SMILES string of the molecule is CC(=O)[C@@H]1CCN(C(=O)c2ccc(Cl)c(Cc3cc4c(C)cc(OC(F)(F)F)cc4n3C)c2Cl)C[C@@H]1C. The lowest BCUT2D eigenvalue weighted by Crippen LogP contribution is -2.44. The number of amides is 1. The Bertz CT molecular complexity index is 1380. The standard InChI is InChI=1S/C27H27Cl2F3N2O3/c1-14-9-18(37-27(30,31)32)12-24-21(14)10-17(33(24)4)11-22-23(28)6-5-20(25(22)29)26(36)34-8-7-19(16(3)35)15(2)13-34/h5-6,9-10,12,15,19H,7-8,11,13H2,1-4H3/t15-,19+/m0/s1. The molecule has 1 aromatic heterocycles. The van der Waals surface area contributed by atoms with E-state index < -0.39 is 6.36 Å². The van der Waals surface area contributed by atoms with Gasteiger partial charge in [0.15, 0.2) is 0 Å². The molecule has 0 saturated carbocycles. The van der Waals surface area contributed by atoms with E-state index in [1.807, 2.05) is 13.0 Å². The molecule has 0 radical (unpaired) electrons. The number of carbonyl (C=O) groups excluding carboxylic acids is 2. The molecule has 2 aromatic carbocycles. The van der Waals surface area contributed by atoms with Crippen molar-refractivity contribution < 1.29 is 27.5 Å². The number of hydrogen-bond donors (Lipinski definition) is 0. The number of ketones is 1. The molecule has 3 aromatic rings. The predicted molar refractivity (Wildman–Crippen MR) is 137 cm³/mol. The van der Waals surface area contributed by atoms with Crippen molar-refractivity contribution >= 4 is 45.8 Å². The Morgan fingerprint density at radius 2 is 1.86 bits per heavy atom. The molecule has 0 aliphatic carbocycles. The minimum absolute atomic E-state index is 0.0472. The summed E-state index contributed by atoms with van der Waals surface area (Å²) in [6.45, 7) is 6.19. The quantitative estimate of drug-likeness (QED) is 0.342. The van der Waals surface area contributed by atoms with Crippen LogP contribution in [-0.4, -0.2) is 40.6 Å². The number of carbonyl (C=O) groups is 2. The van der Waals surface area contributed by atoms with Gasteiger partial charge in [-0.25, -0.2) is 0 Å². The Hall–Kier alpha value is -2.71. The van der Waals surface area contributed by atoms with Gasteiger partial charge in [0.25, 0.3) is 5.91 Å². The van der Waals surface area contributed by atoms with Crippen molar-refractivity contribution in [3.63, 3.8) is 0 Å². The normalized spacial score (nSPS) is 18.4. The molecular formula is C27H27Cl2F3N2O3. The van der Waals surface area contributed by atoms with E-state index in [9.17, 15) is 22.8 Å². The highest BCUT2D eigenvalue weighted by molar-refractivity contribution is 6.38. The number of alkyl halides is 3. The average Bonchev–Trinajstić information content (AvgIpc) is 3.10. The summed E-state index contributed by atoms with van der Waals surface area (Å²) < 4.78 is 44.2. The lowest BCUT2D eigenvalue weighted by atomic mass is 9.84. The predicted octanol–water partition coefficient (Wildman–Crippen LogP) is 6.97. The maximum Gasteiger partial charge on any atom is 0.573 e. The number of aromatic nitrogens is 1. The highest BCUT2D eigenvalue weighted by atomic mass is 35.5. The van der Waals surface area contributed by atoms with Crippen LogP contribution in [0.15, 0.2) is 30.3 Å². The zero-order valence-electron chi connectivity index (χ0n) is 20.9. The third-order valence-corrected chi connectivity index (χ3v) is 7.95. The molecule has 2 heterocycles. The second-order valence-electron chi connectivity index (χ2n) is 9.71. The van der Waals surface area contributed by atoms with Crippen LogP contribution in [0.4, 0.5) is 13.2 Å². The molecule has 1 saturated heterocycles. The molecule has 0 spiro atoms. The van der Waals surface area contributed by atoms with Crippen LogP contribution in [-0.2, 0) is 18.3 Å². The molecule has 1 aliphatic rings. The number of Topliss-reactive ketones (excluding diaryl/α,β-unsaturated/α-hetero) is 1. The van der Waals surface area contributed by atoms with Gasteiger partial charge in [-0.2, -0.15) is 0 Å². The van der Waals surface area contributed by atoms with Crippen molar-refractivity contribution in [2.45, 2.75) is 40.0 Å². The summed E-state index contributed by atoms with van der Waals surface area (Å²) in [6.07, 6.45) is -3.92. The van der Waals surface area contributed by atoms with Crippen LogP contribution in [0.5, 0.6) is 5.75 Å². The number of hydrogen-bond acceptors (Lipinski definition) is 3. The average molecular weight is 555 g/mol. The van der Waals surface area contributed by atoms with Crippen LogP contribution in [0.1, 0.15) is 47.4 Å². The fraction of sp³-hybridized carbons (Fsp3) is 0.407. The van der Waals surface area contributed by atoms with Gasteiger partial charge in [0, 0.05) is 54.6 Å². The monoisotopic (exact) mass is 554 g/mol. The van der Waals surface area contributed by atoms with Gasteiger partial charge in [-0.3, -0.25) is 9.59 Å². The van der Waals surface area contributed by atoms with Crippen LogP contribution in [0.25, 0.3) is 10.9 Å². The third-order valence-electron chi connectivity index (χ3n) is 7.16. The highest BCUT2D eigenvalue weighted by Gasteiger charge is 2.33. The molecule has 5 nitrogen and oxygen atoms in total. The van der Waals surface area contributed by atoms with Crippen molar-refractivity contribution in [1.29, 1.82) is 0 Å². The molecule has 2 atom stereocenters. The fourth-order valence-corrected chi connectivity index (χ4v) is 5.79. The fourth-order valence-electron chi connectivity index (χ4n) is 5.20. The Morgan fingerprint density at radius 3 is 2.49 bits per heavy atom. The molecule has 0 N–H and O–H groups in total. The van der Waals surface area contributed by atoms with Crippen molar-refractivity contribution in [2.75, 3.05) is 13.1 Å². The highest BCUT2D eigenvalue weighted by Crippen LogP contribution is 2.35. The first-order chi connectivity index (χ1) is 17.3. The van der Waals surface area contributed by atoms with Gasteiger partial charge < -0.3 is 14.2 Å². The van der Waals surface area contributed by atoms with Crippen molar-refractivity contribution in [2.24, 2.45) is 18.9 Å². The van der Waals surface area contributed by atoms with E-state index in [4.69, 9.17) is 23.2 Å². The molecule has 37 heavy (non-hydrogen) atoms. The van der Waals surface area contributed by atoms with Gasteiger partial charge in [-0.05, 0) is 61.6 Å². The molecule has 1 fully saturated rings. The van der Waals surface area contributed by atoms with Gasteiger partial charge in [0.2, 0.25) is 0 Å². The van der Waals surface area contributed by atoms with Crippen molar-refractivity contribution in [3.05, 3.63) is 62.8 Å². The summed E-state index contributed by atoms with van der Waals surface area (Å²) in [7, 11) is 1.74. The molecule has 198 valence electrons. The first-order valence-electron chi connectivity index (χ1n) is 11.9. The minimum atomic E-state index is -4.79. The van der Waals surface area contributed by atoms with Crippen LogP contribution < -0.4 is 4.74 Å². The maximum absolute atomic E-state index is 13.4. The number of halogens is 5. The third kappa shape index (κ3) is 5.60. The topological polar surface area (TPSA) is 51.5 Å². The molecule has 1 aliphatic heterocycles. The molecule has 4 rings (SSSR count). The summed E-state index contributed by atoms with van der Waals surface area (Å²) in [6, 6.07) is 7.79. The molecular weight excluding hydrogens is 528 g/mol. The van der Waals surface area contributed by atoms with Gasteiger partial charge in [-0.1, -0.05) is 30.1 Å². The van der Waals surface area contributed by atoms with Crippen molar-refractivity contribution in [3.8, 4) is 5.75 Å². The van der Waals surface area contributed by atoms with E-state index >= 15 is 0 Å². The summed E-state index contributed by atoms with van der Waals surface area (Å²) in [5.41, 5.74) is 2.83. The summed E-state index contributed by atoms with van der Waals surface area (Å²) >= 11 is 13.2. The van der Waals surface area contributed by atoms with Gasteiger partial charge in [0.1, 0.15) is 11.5 Å². The lowest BCUT2D eigenvalue weighted by molar-refractivity contribution is -0.274. The zero-order chi connectivity index (χ0) is 27.2. The van der Waals surface area contributed by atoms with E-state index in [1.165, 1.54) is 12.1 Å². The Balaban J connectivity index is 1.64. The largest absolute Gasteiger partial charge is 0.573 e. The van der Waals surface area contributed by atoms with E-state index in [-0.39, 0.29) is 40.7 Å². The van der Waals surface area contributed by atoms with Crippen LogP contribution in [0.3, 0.4) is 0 Å². The van der Waals surface area contributed by atoms with Crippen molar-refractivity contribution in [1.82, 2.24) is 9.47 Å². The van der Waals surface area contributed by atoms with Gasteiger partial charge in [-0.15, -0.1) is 13.2 Å². The molecule has 1 amide bonds. The number of aryl methyl sites for hydroxylation is 2. The Labute approximate surface area is 223 Å². The number of ether oxygens (including phenoxy) is 1. The van der Waals surface area contributed by atoms with Crippen LogP contribution >= 0.6 is 23.2 Å². The second kappa shape index (κ2) is 10.2. The van der Waals surface area contributed by atoms with E-state index in [0.29, 0.717) is 46.7 Å². The van der Waals surface area contributed by atoms with E-state index in [0.717, 1.165) is 11.1 Å². The summed E-state index contributed by atoms with van der Waals surface area (Å²) in [4.78, 5) is 26.9. The summed E-state index contributed by atoms with van der Waals surface area (Å²) in [5, 5.41) is 1.39. The maximum atomic E-state index is 13.4. The first kappa shape index (κ1) is 27.3. The summed E-state index contributed by atoms with van der Waals surface area (Å²) in [5.74, 6) is -0.396. The van der Waals surface area contributed by atoms with Crippen LogP contribution in [0, 0.1) is 18.8 Å². The molecule has 0 bridgehead atoms. The number of nitrogens with zero attached hydrogens (tertiary/aromatic N) is 2. The molecule has 10 heteroatoms. The zero-order valence-corrected chi connectivity index (χ0v) is 22.4. The van der Waals surface area contributed by atoms with E-state index in [2.05, 4.69) is 4.74 Å². The Morgan fingerprint density at radius 1 is 1.16 bits per heavy atom. The van der Waals surface area contributed by atoms with Crippen LogP contribution in [0.2, 0.25) is 10.0 Å². The number of likely N-dealkylation sites (tertiary alicyclic amines) is 1. The Kier molecular flexibility index (Phi) is 7.55. The molecule has 0 unspecified atom stereocenters.